The largest absolute Gasteiger partial charge is 0.494 e. The second kappa shape index (κ2) is 11.6. The van der Waals surface area contributed by atoms with Gasteiger partial charge in [-0.2, -0.15) is 15.0 Å². The molecule has 2 N–H and O–H groups in total. The molecule has 1 aliphatic carbocycles. The third-order valence-electron chi connectivity index (χ3n) is 7.03. The Labute approximate surface area is 202 Å². The highest BCUT2D eigenvalue weighted by molar-refractivity contribution is 5.45. The third-order valence-corrected chi connectivity index (χ3v) is 7.03. The van der Waals surface area contributed by atoms with Gasteiger partial charge in [0.15, 0.2) is 11.6 Å². The Balaban J connectivity index is 1.52. The van der Waals surface area contributed by atoms with Gasteiger partial charge in [0, 0.05) is 25.7 Å². The summed E-state index contributed by atoms with van der Waals surface area (Å²) in [5.41, 5.74) is 0.794. The summed E-state index contributed by atoms with van der Waals surface area (Å²) < 4.78 is 19.1. The summed E-state index contributed by atoms with van der Waals surface area (Å²) in [4.78, 5) is 18.8. The number of anilines is 3. The zero-order valence-electron chi connectivity index (χ0n) is 20.7. The fourth-order valence-electron chi connectivity index (χ4n) is 4.82. The molecule has 1 saturated heterocycles. The highest BCUT2D eigenvalue weighted by Crippen LogP contribution is 2.24. The van der Waals surface area contributed by atoms with E-state index in [1.54, 1.807) is 6.07 Å². The maximum absolute atomic E-state index is 14.1. The summed E-state index contributed by atoms with van der Waals surface area (Å²) in [6.07, 6.45) is 9.50. The van der Waals surface area contributed by atoms with Crippen LogP contribution in [0.5, 0.6) is 5.75 Å². The molecule has 0 spiro atoms. The standard InChI is InChI=1S/C25H38FN7O/c1-32-14-12-20(13-15-32)33(2)25-30-23(27-17-18-10-11-22(34-3)21(26)16-18)29-24(31-25)28-19-8-6-4-5-7-9-19/h10-11,16,19-20H,4-9,12-15,17H2,1-3H3,(H2,27,28,29,30,31). The van der Waals surface area contributed by atoms with Crippen LogP contribution in [0.15, 0.2) is 18.2 Å². The summed E-state index contributed by atoms with van der Waals surface area (Å²) in [7, 11) is 5.70. The summed E-state index contributed by atoms with van der Waals surface area (Å²) in [5.74, 6) is 1.64. The number of methoxy groups -OCH3 is 1. The van der Waals surface area contributed by atoms with Crippen LogP contribution in [-0.4, -0.2) is 66.2 Å². The number of aromatic nitrogens is 3. The predicted molar refractivity (Wildman–Crippen MR) is 134 cm³/mol. The van der Waals surface area contributed by atoms with Gasteiger partial charge in [-0.1, -0.05) is 31.7 Å². The lowest BCUT2D eigenvalue weighted by atomic mass is 10.0. The molecule has 0 bridgehead atoms. The van der Waals surface area contributed by atoms with Gasteiger partial charge in [0.05, 0.1) is 7.11 Å². The number of likely N-dealkylation sites (tertiary alicyclic amines) is 1. The Hall–Kier alpha value is -2.68. The Morgan fingerprint density at radius 1 is 1.03 bits per heavy atom. The molecule has 2 fully saturated rings. The number of ether oxygens (including phenoxy) is 1. The van der Waals surface area contributed by atoms with Crippen molar-refractivity contribution in [1.29, 1.82) is 0 Å². The van der Waals surface area contributed by atoms with Gasteiger partial charge in [0.25, 0.3) is 0 Å². The van der Waals surface area contributed by atoms with Gasteiger partial charge in [-0.25, -0.2) is 4.39 Å². The van der Waals surface area contributed by atoms with Gasteiger partial charge in [-0.3, -0.25) is 0 Å². The molecule has 8 nitrogen and oxygen atoms in total. The van der Waals surface area contributed by atoms with Crippen LogP contribution in [-0.2, 0) is 6.54 Å². The minimum absolute atomic E-state index is 0.237. The lowest BCUT2D eigenvalue weighted by molar-refractivity contribution is 0.252. The molecule has 2 heterocycles. The van der Waals surface area contributed by atoms with E-state index in [9.17, 15) is 4.39 Å². The van der Waals surface area contributed by atoms with Crippen molar-refractivity contribution in [3.8, 4) is 5.75 Å². The molecule has 1 aromatic carbocycles. The third kappa shape index (κ3) is 6.46. The summed E-state index contributed by atoms with van der Waals surface area (Å²) in [5, 5.41) is 6.85. The van der Waals surface area contributed by atoms with E-state index in [2.05, 4.69) is 39.5 Å². The van der Waals surface area contributed by atoms with Gasteiger partial charge < -0.3 is 25.2 Å². The van der Waals surface area contributed by atoms with Crippen LogP contribution in [0.1, 0.15) is 56.9 Å². The molecular weight excluding hydrogens is 433 g/mol. The van der Waals surface area contributed by atoms with E-state index < -0.39 is 0 Å². The maximum Gasteiger partial charge on any atom is 0.231 e. The van der Waals surface area contributed by atoms with Crippen LogP contribution >= 0.6 is 0 Å². The molecule has 0 atom stereocenters. The van der Waals surface area contributed by atoms with Crippen molar-refractivity contribution in [2.24, 2.45) is 0 Å². The monoisotopic (exact) mass is 471 g/mol. The summed E-state index contributed by atoms with van der Waals surface area (Å²) in [6, 6.07) is 5.73. The number of nitrogens with zero attached hydrogens (tertiary/aromatic N) is 5. The van der Waals surface area contributed by atoms with Crippen LogP contribution in [0.4, 0.5) is 22.2 Å². The van der Waals surface area contributed by atoms with E-state index in [0.29, 0.717) is 36.5 Å². The molecule has 2 aromatic rings. The van der Waals surface area contributed by atoms with E-state index in [1.807, 2.05) is 6.07 Å². The molecule has 0 unspecified atom stereocenters. The van der Waals surface area contributed by atoms with Gasteiger partial charge >= 0.3 is 0 Å². The van der Waals surface area contributed by atoms with E-state index in [0.717, 1.165) is 44.3 Å². The summed E-state index contributed by atoms with van der Waals surface area (Å²) >= 11 is 0. The van der Waals surface area contributed by atoms with Crippen molar-refractivity contribution in [3.63, 3.8) is 0 Å². The second-order valence-electron chi connectivity index (χ2n) is 9.58. The van der Waals surface area contributed by atoms with Gasteiger partial charge in [0.1, 0.15) is 0 Å². The minimum atomic E-state index is -0.379. The van der Waals surface area contributed by atoms with Crippen molar-refractivity contribution < 1.29 is 9.13 Å². The Bertz CT molecular complexity index is 927. The van der Waals surface area contributed by atoms with E-state index in [1.165, 1.54) is 38.9 Å². The maximum atomic E-state index is 14.1. The molecule has 34 heavy (non-hydrogen) atoms. The summed E-state index contributed by atoms with van der Waals surface area (Å²) in [6.45, 7) is 2.55. The van der Waals surface area contributed by atoms with Crippen LogP contribution in [0.3, 0.4) is 0 Å². The number of piperidine rings is 1. The van der Waals surface area contributed by atoms with Gasteiger partial charge in [-0.05, 0) is 63.5 Å². The average Bonchev–Trinajstić information content (AvgIpc) is 3.11. The Morgan fingerprint density at radius 2 is 1.74 bits per heavy atom. The molecule has 9 heteroatoms. The van der Waals surface area contributed by atoms with E-state index in [4.69, 9.17) is 14.7 Å². The molecule has 4 rings (SSSR count). The topological polar surface area (TPSA) is 78.4 Å². The lowest BCUT2D eigenvalue weighted by Crippen LogP contribution is -2.42. The van der Waals surface area contributed by atoms with Gasteiger partial charge in [-0.15, -0.1) is 0 Å². The van der Waals surface area contributed by atoms with Crippen LogP contribution in [0, 0.1) is 5.82 Å². The Kier molecular flexibility index (Phi) is 8.37. The van der Waals surface area contributed by atoms with Crippen molar-refractivity contribution in [3.05, 3.63) is 29.6 Å². The number of rotatable bonds is 8. The molecule has 0 radical (unpaired) electrons. The number of hydrogen-bond acceptors (Lipinski definition) is 8. The second-order valence-corrected chi connectivity index (χ2v) is 9.58. The van der Waals surface area contributed by atoms with Crippen LogP contribution < -0.4 is 20.3 Å². The first kappa shape index (κ1) is 24.4. The van der Waals surface area contributed by atoms with E-state index >= 15 is 0 Å². The first-order chi connectivity index (χ1) is 16.5. The lowest BCUT2D eigenvalue weighted by Gasteiger charge is -2.35. The normalized spacial score (nSPS) is 18.4. The predicted octanol–water partition coefficient (Wildman–Crippen LogP) is 4.30. The fourth-order valence-corrected chi connectivity index (χ4v) is 4.82. The van der Waals surface area contributed by atoms with Gasteiger partial charge in [0.2, 0.25) is 17.8 Å². The SMILES string of the molecule is COc1ccc(CNc2nc(NC3CCCCCC3)nc(N(C)C3CCN(C)CC3)n2)cc1F. The van der Waals surface area contributed by atoms with Crippen LogP contribution in [0.25, 0.3) is 0 Å². The average molecular weight is 472 g/mol. The molecule has 1 aromatic heterocycles. The zero-order valence-corrected chi connectivity index (χ0v) is 20.7. The Morgan fingerprint density at radius 3 is 2.41 bits per heavy atom. The highest BCUT2D eigenvalue weighted by atomic mass is 19.1. The molecule has 2 aliphatic rings. The number of benzene rings is 1. The fraction of sp³-hybridized carbons (Fsp3) is 0.640. The van der Waals surface area contributed by atoms with Crippen molar-refractivity contribution in [1.82, 2.24) is 19.9 Å². The zero-order chi connectivity index (χ0) is 23.9. The molecule has 186 valence electrons. The van der Waals surface area contributed by atoms with Crippen molar-refractivity contribution in [2.45, 2.75) is 70.0 Å². The van der Waals surface area contributed by atoms with Crippen molar-refractivity contribution >= 4 is 17.8 Å². The first-order valence-corrected chi connectivity index (χ1v) is 12.5. The highest BCUT2D eigenvalue weighted by Gasteiger charge is 2.24. The molecular formula is C25H38FN7O. The van der Waals surface area contributed by atoms with Crippen molar-refractivity contribution in [2.75, 3.05) is 49.8 Å². The van der Waals surface area contributed by atoms with E-state index in [-0.39, 0.29) is 11.6 Å². The molecule has 0 amide bonds. The molecule has 1 aliphatic heterocycles. The van der Waals surface area contributed by atoms with Crippen LogP contribution in [0.2, 0.25) is 0 Å². The number of halogens is 1. The minimum Gasteiger partial charge on any atom is -0.494 e. The smallest absolute Gasteiger partial charge is 0.231 e. The molecule has 1 saturated carbocycles. The number of nitrogens with one attached hydrogen (secondary N) is 2. The first-order valence-electron chi connectivity index (χ1n) is 12.5. The number of hydrogen-bond donors (Lipinski definition) is 2. The quantitative estimate of drug-likeness (QED) is 0.552.